The lowest BCUT2D eigenvalue weighted by Crippen LogP contribution is -2.61. The third kappa shape index (κ3) is 3.07. The minimum atomic E-state index is -1.37. The summed E-state index contributed by atoms with van der Waals surface area (Å²) in [6.45, 7) is 5.89. The molecule has 1 amide bonds. The standard InChI is InChI=1S/C16H27NO5/c1-14(2,3)22-13(20)17-10-6-9-16(21,11-17)15(12(18)19)7-4-5-8-15/h21H,4-11H2,1-3H3,(H,18,19). The number of β-amino-alcohol motifs (C(OH)–C–C–N with tert-alkyl or cyclic N) is 1. The number of likely N-dealkylation sites (tertiary alicyclic amines) is 1. The molecular formula is C16H27NO5. The van der Waals surface area contributed by atoms with Crippen molar-refractivity contribution in [1.82, 2.24) is 4.90 Å². The zero-order chi connectivity index (χ0) is 16.6. The van der Waals surface area contributed by atoms with E-state index in [0.717, 1.165) is 12.8 Å². The second-order valence-corrected chi connectivity index (χ2v) is 7.63. The first-order valence-electron chi connectivity index (χ1n) is 8.03. The van der Waals surface area contributed by atoms with Crippen LogP contribution in [0.25, 0.3) is 0 Å². The van der Waals surface area contributed by atoms with Crippen LogP contribution in [-0.2, 0) is 9.53 Å². The lowest BCUT2D eigenvalue weighted by atomic mass is 9.66. The van der Waals surface area contributed by atoms with E-state index in [2.05, 4.69) is 0 Å². The van der Waals surface area contributed by atoms with Gasteiger partial charge in [-0.05, 0) is 46.5 Å². The quantitative estimate of drug-likeness (QED) is 0.817. The Hall–Kier alpha value is -1.30. The summed E-state index contributed by atoms with van der Waals surface area (Å²) >= 11 is 0. The smallest absolute Gasteiger partial charge is 0.410 e. The minimum absolute atomic E-state index is 0.0359. The van der Waals surface area contributed by atoms with Crippen LogP contribution in [-0.4, -0.2) is 51.5 Å². The highest BCUT2D eigenvalue weighted by Crippen LogP contribution is 2.50. The Labute approximate surface area is 131 Å². The fourth-order valence-corrected chi connectivity index (χ4v) is 3.77. The van der Waals surface area contributed by atoms with E-state index in [9.17, 15) is 19.8 Å². The van der Waals surface area contributed by atoms with Crippen LogP contribution in [0.1, 0.15) is 59.3 Å². The summed E-state index contributed by atoms with van der Waals surface area (Å²) in [6.07, 6.45) is 3.08. The van der Waals surface area contributed by atoms with Crippen LogP contribution in [0.5, 0.6) is 0 Å². The first kappa shape index (κ1) is 17.1. The third-order valence-electron chi connectivity index (χ3n) is 4.88. The number of aliphatic hydroxyl groups is 1. The van der Waals surface area contributed by atoms with Gasteiger partial charge in [0.05, 0.1) is 17.6 Å². The van der Waals surface area contributed by atoms with Crippen molar-refractivity contribution < 1.29 is 24.5 Å². The number of carbonyl (C=O) groups excluding carboxylic acids is 1. The molecule has 0 spiro atoms. The first-order valence-corrected chi connectivity index (χ1v) is 8.03. The molecule has 1 aliphatic heterocycles. The highest BCUT2D eigenvalue weighted by atomic mass is 16.6. The molecule has 22 heavy (non-hydrogen) atoms. The second-order valence-electron chi connectivity index (χ2n) is 7.63. The van der Waals surface area contributed by atoms with Gasteiger partial charge in [-0.1, -0.05) is 12.8 Å². The lowest BCUT2D eigenvalue weighted by molar-refractivity contribution is -0.177. The first-order chi connectivity index (χ1) is 10.1. The summed E-state index contributed by atoms with van der Waals surface area (Å²) in [4.78, 5) is 25.5. The average Bonchev–Trinajstić information content (AvgIpc) is 2.87. The number of ether oxygens (including phenoxy) is 1. The van der Waals surface area contributed by atoms with Crippen molar-refractivity contribution in [2.75, 3.05) is 13.1 Å². The molecule has 2 fully saturated rings. The molecule has 1 atom stereocenters. The number of piperidine rings is 1. The summed E-state index contributed by atoms with van der Waals surface area (Å²) in [5.41, 5.74) is -3.11. The number of aliphatic carboxylic acids is 1. The number of carboxylic acid groups (broad SMARTS) is 1. The van der Waals surface area contributed by atoms with Crippen molar-refractivity contribution in [1.29, 1.82) is 0 Å². The molecule has 2 N–H and O–H groups in total. The molecule has 1 unspecified atom stereocenters. The molecular weight excluding hydrogens is 286 g/mol. The van der Waals surface area contributed by atoms with Crippen molar-refractivity contribution >= 4 is 12.1 Å². The molecule has 2 rings (SSSR count). The van der Waals surface area contributed by atoms with Crippen molar-refractivity contribution in [3.63, 3.8) is 0 Å². The maximum absolute atomic E-state index is 12.2. The van der Waals surface area contributed by atoms with Gasteiger partial charge < -0.3 is 19.8 Å². The van der Waals surface area contributed by atoms with E-state index in [0.29, 0.717) is 32.2 Å². The number of amides is 1. The number of hydrogen-bond acceptors (Lipinski definition) is 4. The predicted molar refractivity (Wildman–Crippen MR) is 80.5 cm³/mol. The molecule has 1 heterocycles. The molecule has 126 valence electrons. The van der Waals surface area contributed by atoms with Crippen LogP contribution in [0.15, 0.2) is 0 Å². The van der Waals surface area contributed by atoms with Crippen LogP contribution < -0.4 is 0 Å². The van der Waals surface area contributed by atoms with E-state index >= 15 is 0 Å². The van der Waals surface area contributed by atoms with Gasteiger partial charge in [0.25, 0.3) is 0 Å². The number of rotatable bonds is 2. The molecule has 6 nitrogen and oxygen atoms in total. The molecule has 0 aromatic carbocycles. The summed E-state index contributed by atoms with van der Waals surface area (Å²) in [5.74, 6) is -0.946. The Morgan fingerprint density at radius 3 is 2.18 bits per heavy atom. The monoisotopic (exact) mass is 313 g/mol. The number of carbonyl (C=O) groups is 2. The molecule has 0 aromatic heterocycles. The number of hydrogen-bond donors (Lipinski definition) is 2. The third-order valence-corrected chi connectivity index (χ3v) is 4.88. The summed E-state index contributed by atoms with van der Waals surface area (Å²) < 4.78 is 5.36. The summed E-state index contributed by atoms with van der Waals surface area (Å²) in [7, 11) is 0. The lowest BCUT2D eigenvalue weighted by Gasteiger charge is -2.47. The molecule has 1 saturated heterocycles. The Kier molecular flexibility index (Phi) is 4.44. The summed E-state index contributed by atoms with van der Waals surface area (Å²) in [6, 6.07) is 0. The van der Waals surface area contributed by atoms with Gasteiger partial charge in [-0.3, -0.25) is 4.79 Å². The Bertz CT molecular complexity index is 450. The van der Waals surface area contributed by atoms with E-state index in [1.165, 1.54) is 4.90 Å². The van der Waals surface area contributed by atoms with Gasteiger partial charge in [0.2, 0.25) is 0 Å². The van der Waals surface area contributed by atoms with Crippen LogP contribution in [0.4, 0.5) is 4.79 Å². The fraction of sp³-hybridized carbons (Fsp3) is 0.875. The Balaban J connectivity index is 2.18. The second kappa shape index (κ2) is 5.72. The van der Waals surface area contributed by atoms with Crippen LogP contribution in [0.2, 0.25) is 0 Å². The van der Waals surface area contributed by atoms with Gasteiger partial charge in [-0.25, -0.2) is 4.79 Å². The average molecular weight is 313 g/mol. The van der Waals surface area contributed by atoms with Crippen LogP contribution in [0, 0.1) is 5.41 Å². The molecule has 1 saturated carbocycles. The summed E-state index contributed by atoms with van der Waals surface area (Å²) in [5, 5.41) is 20.8. The minimum Gasteiger partial charge on any atom is -0.481 e. The van der Waals surface area contributed by atoms with E-state index in [-0.39, 0.29) is 6.54 Å². The Morgan fingerprint density at radius 1 is 1.09 bits per heavy atom. The molecule has 0 aromatic rings. The highest BCUT2D eigenvalue weighted by molar-refractivity contribution is 5.77. The van der Waals surface area contributed by atoms with E-state index < -0.39 is 28.7 Å². The largest absolute Gasteiger partial charge is 0.481 e. The number of carboxylic acids is 1. The highest BCUT2D eigenvalue weighted by Gasteiger charge is 2.58. The fourth-order valence-electron chi connectivity index (χ4n) is 3.77. The zero-order valence-corrected chi connectivity index (χ0v) is 13.7. The zero-order valence-electron chi connectivity index (χ0n) is 13.7. The normalized spacial score (nSPS) is 28.5. The number of nitrogens with zero attached hydrogens (tertiary/aromatic N) is 1. The van der Waals surface area contributed by atoms with Crippen LogP contribution in [0.3, 0.4) is 0 Å². The van der Waals surface area contributed by atoms with Gasteiger partial charge in [0.15, 0.2) is 0 Å². The maximum Gasteiger partial charge on any atom is 0.410 e. The van der Waals surface area contributed by atoms with Gasteiger partial charge in [0, 0.05) is 6.54 Å². The molecule has 6 heteroatoms. The van der Waals surface area contributed by atoms with Gasteiger partial charge >= 0.3 is 12.1 Å². The van der Waals surface area contributed by atoms with Gasteiger partial charge in [-0.2, -0.15) is 0 Å². The van der Waals surface area contributed by atoms with E-state index in [4.69, 9.17) is 4.74 Å². The molecule has 1 aliphatic carbocycles. The van der Waals surface area contributed by atoms with Crippen LogP contribution >= 0.6 is 0 Å². The van der Waals surface area contributed by atoms with E-state index in [1.54, 1.807) is 20.8 Å². The molecule has 0 bridgehead atoms. The van der Waals surface area contributed by atoms with Crippen molar-refractivity contribution in [2.45, 2.75) is 70.5 Å². The van der Waals surface area contributed by atoms with Crippen molar-refractivity contribution in [3.05, 3.63) is 0 Å². The molecule has 2 aliphatic rings. The van der Waals surface area contributed by atoms with Crippen molar-refractivity contribution in [2.24, 2.45) is 5.41 Å². The van der Waals surface area contributed by atoms with E-state index in [1.807, 2.05) is 0 Å². The van der Waals surface area contributed by atoms with Gasteiger partial charge in [0.1, 0.15) is 5.60 Å². The molecule has 0 radical (unpaired) electrons. The maximum atomic E-state index is 12.2. The predicted octanol–water partition coefficient (Wildman–Crippen LogP) is 2.39. The van der Waals surface area contributed by atoms with Gasteiger partial charge in [-0.15, -0.1) is 0 Å². The van der Waals surface area contributed by atoms with Crippen molar-refractivity contribution in [3.8, 4) is 0 Å². The topological polar surface area (TPSA) is 87.1 Å². The Morgan fingerprint density at radius 2 is 1.68 bits per heavy atom. The SMILES string of the molecule is CC(C)(C)OC(=O)N1CCCC(O)(C2(C(=O)O)CCCC2)C1.